The Hall–Kier alpha value is -1.58. The van der Waals surface area contributed by atoms with Crippen molar-refractivity contribution < 1.29 is 19.4 Å². The summed E-state index contributed by atoms with van der Waals surface area (Å²) in [5.41, 5.74) is 0.987. The third-order valence-electron chi connectivity index (χ3n) is 1.36. The van der Waals surface area contributed by atoms with Crippen molar-refractivity contribution >= 4 is 11.9 Å². The maximum atomic E-state index is 11.0. The number of hydrogen-bond donors (Lipinski definition) is 1. The summed E-state index contributed by atoms with van der Waals surface area (Å²) in [7, 11) is 0. The van der Waals surface area contributed by atoms with Crippen LogP contribution in [-0.2, 0) is 14.3 Å². The summed E-state index contributed by atoms with van der Waals surface area (Å²) in [6.07, 6.45) is 1.35. The highest BCUT2D eigenvalue weighted by Gasteiger charge is 2.11. The molecule has 0 fully saturated rings. The molecule has 0 spiro atoms. The topological polar surface area (TPSA) is 63.6 Å². The van der Waals surface area contributed by atoms with Crippen molar-refractivity contribution in [3.05, 3.63) is 23.8 Å². The van der Waals surface area contributed by atoms with Crippen molar-refractivity contribution in [2.24, 2.45) is 0 Å². The molecule has 0 aromatic heterocycles. The van der Waals surface area contributed by atoms with Gasteiger partial charge in [-0.05, 0) is 19.9 Å². The number of hydrogen-bond acceptors (Lipinski definition) is 3. The first kappa shape index (κ1) is 12.4. The van der Waals surface area contributed by atoms with E-state index >= 15 is 0 Å². The van der Waals surface area contributed by atoms with Gasteiger partial charge < -0.3 is 9.84 Å². The van der Waals surface area contributed by atoms with Gasteiger partial charge in [0.1, 0.15) is 6.61 Å². The number of esters is 1. The molecule has 0 saturated heterocycles. The van der Waals surface area contributed by atoms with Crippen LogP contribution in [0.1, 0.15) is 20.3 Å². The second kappa shape index (κ2) is 5.96. The number of carboxylic acid groups (broad SMARTS) is 1. The smallest absolute Gasteiger partial charge is 0.334 e. The summed E-state index contributed by atoms with van der Waals surface area (Å²) in [5.74, 6) is -1.75. The second-order valence-corrected chi connectivity index (χ2v) is 3.05. The third kappa shape index (κ3) is 5.99. The fourth-order valence-corrected chi connectivity index (χ4v) is 0.641. The van der Waals surface area contributed by atoms with Gasteiger partial charge in [0.2, 0.25) is 0 Å². The van der Waals surface area contributed by atoms with Crippen LogP contribution in [-0.4, -0.2) is 23.7 Å². The van der Waals surface area contributed by atoms with Gasteiger partial charge in [0.25, 0.3) is 0 Å². The summed E-state index contributed by atoms with van der Waals surface area (Å²) in [6.45, 7) is 7.22. The van der Waals surface area contributed by atoms with Crippen LogP contribution in [0, 0.1) is 0 Å². The molecule has 0 aromatic carbocycles. The Morgan fingerprint density at radius 2 is 2.00 bits per heavy atom. The number of ether oxygens (including phenoxy) is 1. The quantitative estimate of drug-likeness (QED) is 0.413. The van der Waals surface area contributed by atoms with E-state index < -0.39 is 11.9 Å². The third-order valence-corrected chi connectivity index (χ3v) is 1.36. The predicted octanol–water partition coefficient (Wildman–Crippen LogP) is 1.53. The Labute approximate surface area is 82.9 Å². The van der Waals surface area contributed by atoms with Crippen molar-refractivity contribution in [1.82, 2.24) is 0 Å². The van der Waals surface area contributed by atoms with E-state index in [2.05, 4.69) is 6.58 Å². The maximum Gasteiger partial charge on any atom is 0.334 e. The molecular formula is C10H14O4. The molecule has 0 aromatic rings. The first-order chi connectivity index (χ1) is 6.43. The largest absolute Gasteiger partial charge is 0.481 e. The van der Waals surface area contributed by atoms with Gasteiger partial charge in [-0.3, -0.25) is 4.79 Å². The van der Waals surface area contributed by atoms with Gasteiger partial charge in [-0.1, -0.05) is 12.2 Å². The lowest BCUT2D eigenvalue weighted by Gasteiger charge is -2.02. The van der Waals surface area contributed by atoms with Crippen LogP contribution in [0.15, 0.2) is 23.8 Å². The lowest BCUT2D eigenvalue weighted by atomic mass is 10.2. The van der Waals surface area contributed by atoms with Crippen LogP contribution in [0.4, 0.5) is 0 Å². The molecule has 0 saturated carbocycles. The van der Waals surface area contributed by atoms with Gasteiger partial charge >= 0.3 is 11.9 Å². The monoisotopic (exact) mass is 198 g/mol. The zero-order valence-corrected chi connectivity index (χ0v) is 8.37. The number of rotatable bonds is 5. The van der Waals surface area contributed by atoms with E-state index in [0.29, 0.717) is 0 Å². The number of carbonyl (C=O) groups is 2. The molecule has 0 aliphatic carbocycles. The summed E-state index contributed by atoms with van der Waals surface area (Å²) in [5, 5.41) is 8.37. The van der Waals surface area contributed by atoms with E-state index in [0.717, 1.165) is 5.57 Å². The summed E-state index contributed by atoms with van der Waals surface area (Å²) in [6, 6.07) is 0. The average Bonchev–Trinajstić information content (AvgIpc) is 2.01. The summed E-state index contributed by atoms with van der Waals surface area (Å²) in [4.78, 5) is 21.3. The molecule has 0 bridgehead atoms. The Kier molecular flexibility index (Phi) is 5.29. The van der Waals surface area contributed by atoms with Crippen LogP contribution < -0.4 is 0 Å². The normalized spacial score (nSPS) is 9.00. The highest BCUT2D eigenvalue weighted by atomic mass is 16.5. The van der Waals surface area contributed by atoms with Crippen molar-refractivity contribution in [3.8, 4) is 0 Å². The van der Waals surface area contributed by atoms with E-state index in [-0.39, 0.29) is 18.6 Å². The van der Waals surface area contributed by atoms with Crippen LogP contribution in [0.3, 0.4) is 0 Å². The van der Waals surface area contributed by atoms with E-state index in [1.54, 1.807) is 6.08 Å². The van der Waals surface area contributed by atoms with Crippen molar-refractivity contribution in [2.75, 3.05) is 6.61 Å². The molecule has 0 rings (SSSR count). The highest BCUT2D eigenvalue weighted by molar-refractivity contribution is 5.92. The van der Waals surface area contributed by atoms with Gasteiger partial charge in [-0.15, -0.1) is 0 Å². The molecule has 0 aliphatic heterocycles. The Morgan fingerprint density at radius 1 is 1.43 bits per heavy atom. The first-order valence-electron chi connectivity index (χ1n) is 4.13. The van der Waals surface area contributed by atoms with Gasteiger partial charge in [-0.25, -0.2) is 4.79 Å². The minimum atomic E-state index is -1.09. The number of allylic oxidation sites excluding steroid dienone is 1. The number of carbonyl (C=O) groups excluding carboxylic acids is 1. The molecule has 0 atom stereocenters. The van der Waals surface area contributed by atoms with Crippen molar-refractivity contribution in [1.29, 1.82) is 0 Å². The van der Waals surface area contributed by atoms with E-state index in [1.807, 2.05) is 13.8 Å². The molecule has 4 nitrogen and oxygen atoms in total. The van der Waals surface area contributed by atoms with Gasteiger partial charge in [0.05, 0.1) is 6.42 Å². The SMILES string of the molecule is C=C(CC(=O)O)C(=O)OCC=C(C)C. The van der Waals surface area contributed by atoms with Gasteiger partial charge in [0.15, 0.2) is 0 Å². The number of carboxylic acids is 1. The lowest BCUT2D eigenvalue weighted by Crippen LogP contribution is -2.10. The Balaban J connectivity index is 3.91. The second-order valence-electron chi connectivity index (χ2n) is 3.05. The molecule has 0 radical (unpaired) electrons. The van der Waals surface area contributed by atoms with Crippen LogP contribution in [0.5, 0.6) is 0 Å². The molecule has 0 heterocycles. The van der Waals surface area contributed by atoms with Crippen molar-refractivity contribution in [2.45, 2.75) is 20.3 Å². The average molecular weight is 198 g/mol. The lowest BCUT2D eigenvalue weighted by molar-refractivity contribution is -0.142. The maximum absolute atomic E-state index is 11.0. The zero-order valence-electron chi connectivity index (χ0n) is 8.37. The van der Waals surface area contributed by atoms with Crippen LogP contribution in [0.25, 0.3) is 0 Å². The molecule has 78 valence electrons. The molecule has 14 heavy (non-hydrogen) atoms. The van der Waals surface area contributed by atoms with E-state index in [9.17, 15) is 9.59 Å². The zero-order chi connectivity index (χ0) is 11.1. The number of aliphatic carboxylic acids is 1. The minimum absolute atomic E-state index is 0.0420. The van der Waals surface area contributed by atoms with Crippen LogP contribution >= 0.6 is 0 Å². The fraction of sp³-hybridized carbons (Fsp3) is 0.400. The molecule has 0 unspecified atom stereocenters. The molecule has 0 amide bonds. The molecule has 4 heteroatoms. The summed E-state index contributed by atoms with van der Waals surface area (Å²) >= 11 is 0. The Morgan fingerprint density at radius 3 is 2.43 bits per heavy atom. The highest BCUT2D eigenvalue weighted by Crippen LogP contribution is 2.01. The van der Waals surface area contributed by atoms with E-state index in [1.165, 1.54) is 0 Å². The van der Waals surface area contributed by atoms with E-state index in [4.69, 9.17) is 9.84 Å². The van der Waals surface area contributed by atoms with Crippen LogP contribution in [0.2, 0.25) is 0 Å². The van der Waals surface area contributed by atoms with Gasteiger partial charge in [0, 0.05) is 5.57 Å². The standard InChI is InChI=1S/C10H14O4/c1-7(2)4-5-14-10(13)8(3)6-9(11)12/h4H,3,5-6H2,1-2H3,(H,11,12). The minimum Gasteiger partial charge on any atom is -0.481 e. The van der Waals surface area contributed by atoms with Crippen molar-refractivity contribution in [3.63, 3.8) is 0 Å². The molecule has 0 aliphatic rings. The van der Waals surface area contributed by atoms with Gasteiger partial charge in [-0.2, -0.15) is 0 Å². The molecule has 1 N–H and O–H groups in total. The Bertz CT molecular complexity index is 272. The predicted molar refractivity (Wildman–Crippen MR) is 51.8 cm³/mol. The molecular weight excluding hydrogens is 184 g/mol. The fourth-order valence-electron chi connectivity index (χ4n) is 0.641. The summed E-state index contributed by atoms with van der Waals surface area (Å²) < 4.78 is 4.74. The first-order valence-corrected chi connectivity index (χ1v) is 4.13.